The molecule has 0 bridgehead atoms. The second-order valence-corrected chi connectivity index (χ2v) is 11.5. The Hall–Kier alpha value is -2.92. The first-order valence-corrected chi connectivity index (χ1v) is 13.5. The summed E-state index contributed by atoms with van der Waals surface area (Å²) in [7, 11) is 0. The number of hydrogen-bond donors (Lipinski definition) is 1. The first-order chi connectivity index (χ1) is 18.5. The molecule has 0 radical (unpaired) electrons. The summed E-state index contributed by atoms with van der Waals surface area (Å²) < 4.78 is 28.6. The lowest BCUT2D eigenvalue weighted by Gasteiger charge is -2.57. The van der Waals surface area contributed by atoms with E-state index in [1.54, 1.807) is 6.92 Å². The van der Waals surface area contributed by atoms with Gasteiger partial charge in [0.1, 0.15) is 24.4 Å². The molecule has 0 aromatic heterocycles. The SMILES string of the molecule is C=C1C[C@H](OC(C)=O)[C@H](OC(C)=O)[C@@]2(C)C1[C@H](OC(C)=O)[C@]1(O)[C@@H](C)C(=O)O[C@H]1[C@@H](Cl)C(=C)CC[C@@H]2OC(C)=O. The fourth-order valence-corrected chi connectivity index (χ4v) is 6.93. The number of hydrogen-bond acceptors (Lipinski definition) is 11. The topological polar surface area (TPSA) is 152 Å². The Morgan fingerprint density at radius 3 is 1.98 bits per heavy atom. The quantitative estimate of drug-likeness (QED) is 0.224. The number of alkyl halides is 1. The zero-order chi connectivity index (χ0) is 30.3. The highest BCUT2D eigenvalue weighted by atomic mass is 35.5. The summed E-state index contributed by atoms with van der Waals surface area (Å²) in [6.07, 6.45) is -6.07. The summed E-state index contributed by atoms with van der Waals surface area (Å²) in [5.74, 6) is -5.92. The lowest BCUT2D eigenvalue weighted by Crippen LogP contribution is -2.69. The normalized spacial score (nSPS) is 39.6. The average Bonchev–Trinajstić information content (AvgIpc) is 3.06. The minimum absolute atomic E-state index is 0.0523. The average molecular weight is 585 g/mol. The Morgan fingerprint density at radius 2 is 1.45 bits per heavy atom. The molecule has 11 nitrogen and oxygen atoms in total. The van der Waals surface area contributed by atoms with Crippen LogP contribution in [0.15, 0.2) is 24.3 Å². The zero-order valence-electron chi connectivity index (χ0n) is 23.6. The fraction of sp³-hybridized carbons (Fsp3) is 0.679. The Morgan fingerprint density at radius 1 is 0.925 bits per heavy atom. The first-order valence-electron chi connectivity index (χ1n) is 13.1. The fourth-order valence-electron chi connectivity index (χ4n) is 6.56. The molecular weight excluding hydrogens is 548 g/mol. The molecule has 40 heavy (non-hydrogen) atoms. The van der Waals surface area contributed by atoms with Gasteiger partial charge in [-0.15, -0.1) is 11.6 Å². The highest BCUT2D eigenvalue weighted by molar-refractivity contribution is 6.23. The molecule has 1 unspecified atom stereocenters. The molecule has 1 aliphatic heterocycles. The summed E-state index contributed by atoms with van der Waals surface area (Å²) in [5.41, 5.74) is -3.02. The van der Waals surface area contributed by atoms with E-state index in [1.807, 2.05) is 0 Å². The van der Waals surface area contributed by atoms with Gasteiger partial charge in [-0.2, -0.15) is 0 Å². The summed E-state index contributed by atoms with van der Waals surface area (Å²) in [5, 5.41) is 11.3. The van der Waals surface area contributed by atoms with E-state index in [0.717, 1.165) is 6.92 Å². The van der Waals surface area contributed by atoms with Crippen molar-refractivity contribution in [1.29, 1.82) is 0 Å². The standard InChI is InChI=1S/C28H37ClO11/c1-12-9-10-20(37-16(5)31)27(8)21(13(2)11-19(36-15(4)30)23(27)38-17(6)32)24(39-18(7)33)28(35)14(3)26(34)40-25(28)22(12)29/h14,19-25,35H,1-2,9-11H2,3-8H3/t14-,19-,20-,21?,22-,23-,24-,25-,27+,28+/m0/s1. The molecule has 2 saturated carbocycles. The van der Waals surface area contributed by atoms with Crippen molar-refractivity contribution in [1.82, 2.24) is 0 Å². The molecule has 3 rings (SSSR count). The third-order valence-corrected chi connectivity index (χ3v) is 8.85. The summed E-state index contributed by atoms with van der Waals surface area (Å²) in [4.78, 5) is 62.4. The van der Waals surface area contributed by atoms with E-state index < -0.39 is 88.6 Å². The predicted molar refractivity (Wildman–Crippen MR) is 140 cm³/mol. The molecule has 0 aromatic carbocycles. The molecule has 2 aliphatic carbocycles. The summed E-state index contributed by atoms with van der Waals surface area (Å²) in [6.45, 7) is 16.0. The Bertz CT molecular complexity index is 1120. The zero-order valence-corrected chi connectivity index (χ0v) is 24.3. The van der Waals surface area contributed by atoms with Gasteiger partial charge in [-0.05, 0) is 19.8 Å². The molecule has 10 atom stereocenters. The van der Waals surface area contributed by atoms with Crippen molar-refractivity contribution in [2.75, 3.05) is 0 Å². The summed E-state index contributed by atoms with van der Waals surface area (Å²) >= 11 is 6.74. The van der Waals surface area contributed by atoms with Crippen molar-refractivity contribution in [3.8, 4) is 0 Å². The van der Waals surface area contributed by atoms with Crippen LogP contribution < -0.4 is 0 Å². The van der Waals surface area contributed by atoms with E-state index >= 15 is 0 Å². The van der Waals surface area contributed by atoms with Gasteiger partial charge in [-0.1, -0.05) is 31.2 Å². The van der Waals surface area contributed by atoms with Gasteiger partial charge in [0, 0.05) is 40.0 Å². The van der Waals surface area contributed by atoms with E-state index in [0.29, 0.717) is 11.1 Å². The smallest absolute Gasteiger partial charge is 0.312 e. The van der Waals surface area contributed by atoms with Crippen LogP contribution in [0.2, 0.25) is 0 Å². The maximum atomic E-state index is 12.9. The van der Waals surface area contributed by atoms with Crippen molar-refractivity contribution in [3.05, 3.63) is 24.3 Å². The monoisotopic (exact) mass is 584 g/mol. The van der Waals surface area contributed by atoms with E-state index in [9.17, 15) is 29.1 Å². The second kappa shape index (κ2) is 11.5. The largest absolute Gasteiger partial charge is 0.462 e. The molecule has 0 spiro atoms. The number of ether oxygens (including phenoxy) is 5. The van der Waals surface area contributed by atoms with Crippen LogP contribution in [0, 0.1) is 17.3 Å². The number of carbonyl (C=O) groups is 5. The van der Waals surface area contributed by atoms with Crippen LogP contribution in [-0.2, 0) is 47.7 Å². The molecule has 3 fully saturated rings. The van der Waals surface area contributed by atoms with Gasteiger partial charge in [-0.3, -0.25) is 24.0 Å². The number of esters is 5. The molecule has 0 amide bonds. The molecular formula is C28H37ClO11. The lowest BCUT2D eigenvalue weighted by atomic mass is 9.54. The maximum Gasteiger partial charge on any atom is 0.312 e. The molecule has 1 saturated heterocycles. The number of aliphatic hydroxyl groups is 1. The van der Waals surface area contributed by atoms with Crippen molar-refractivity contribution >= 4 is 41.4 Å². The molecule has 1 heterocycles. The molecule has 12 heteroatoms. The highest BCUT2D eigenvalue weighted by Gasteiger charge is 2.70. The third kappa shape index (κ3) is 5.50. The highest BCUT2D eigenvalue weighted by Crippen LogP contribution is 2.57. The first kappa shape index (κ1) is 31.6. The number of rotatable bonds is 4. The minimum atomic E-state index is -2.21. The van der Waals surface area contributed by atoms with Crippen LogP contribution in [0.5, 0.6) is 0 Å². The van der Waals surface area contributed by atoms with Gasteiger partial charge < -0.3 is 28.8 Å². The molecule has 222 valence electrons. The van der Waals surface area contributed by atoms with Gasteiger partial charge >= 0.3 is 29.8 Å². The Kier molecular flexibility index (Phi) is 9.10. The van der Waals surface area contributed by atoms with E-state index in [-0.39, 0.29) is 19.3 Å². The predicted octanol–water partition coefficient (Wildman–Crippen LogP) is 2.55. The Labute approximate surface area is 238 Å². The van der Waals surface area contributed by atoms with Crippen LogP contribution in [0.4, 0.5) is 0 Å². The van der Waals surface area contributed by atoms with Crippen molar-refractivity contribution in [3.63, 3.8) is 0 Å². The molecule has 0 aromatic rings. The molecule has 3 aliphatic rings. The number of halogens is 1. The number of fused-ring (bicyclic) bond motifs is 2. The second-order valence-electron chi connectivity index (χ2n) is 11.1. The van der Waals surface area contributed by atoms with Gasteiger partial charge in [0.2, 0.25) is 0 Å². The van der Waals surface area contributed by atoms with Gasteiger partial charge in [0.15, 0.2) is 11.7 Å². The summed E-state index contributed by atoms with van der Waals surface area (Å²) in [6, 6.07) is 0. The van der Waals surface area contributed by atoms with E-state index in [2.05, 4.69) is 13.2 Å². The lowest BCUT2D eigenvalue weighted by molar-refractivity contribution is -0.237. The van der Waals surface area contributed by atoms with Crippen molar-refractivity contribution in [2.45, 2.75) is 102 Å². The Balaban J connectivity index is 2.41. The van der Waals surface area contributed by atoms with Crippen LogP contribution in [0.1, 0.15) is 60.8 Å². The van der Waals surface area contributed by atoms with Crippen molar-refractivity contribution < 1.29 is 52.8 Å². The van der Waals surface area contributed by atoms with Gasteiger partial charge in [0.05, 0.1) is 16.7 Å². The van der Waals surface area contributed by atoms with Crippen LogP contribution in [0.25, 0.3) is 0 Å². The third-order valence-electron chi connectivity index (χ3n) is 8.32. The van der Waals surface area contributed by atoms with Crippen LogP contribution >= 0.6 is 11.6 Å². The van der Waals surface area contributed by atoms with Crippen LogP contribution in [-0.4, -0.2) is 76.5 Å². The number of carbonyl (C=O) groups excluding carboxylic acids is 5. The maximum absolute atomic E-state index is 12.9. The van der Waals surface area contributed by atoms with E-state index in [4.69, 9.17) is 35.3 Å². The van der Waals surface area contributed by atoms with Gasteiger partial charge in [-0.25, -0.2) is 0 Å². The van der Waals surface area contributed by atoms with Crippen molar-refractivity contribution in [2.24, 2.45) is 17.3 Å². The van der Waals surface area contributed by atoms with Crippen LogP contribution in [0.3, 0.4) is 0 Å². The van der Waals surface area contributed by atoms with Gasteiger partial charge in [0.25, 0.3) is 0 Å². The minimum Gasteiger partial charge on any atom is -0.462 e. The molecule has 1 N–H and O–H groups in total. The van der Waals surface area contributed by atoms with E-state index in [1.165, 1.54) is 27.7 Å².